The summed E-state index contributed by atoms with van der Waals surface area (Å²) >= 11 is 0. The van der Waals surface area contributed by atoms with Gasteiger partial charge in [0.2, 0.25) is 0 Å². The summed E-state index contributed by atoms with van der Waals surface area (Å²) in [6, 6.07) is 18.6. The SMILES string of the molecule is CCCc1cccc(COc2ccccc2)c1. The normalized spacial score (nSPS) is 10.2. The Morgan fingerprint density at radius 1 is 0.882 bits per heavy atom. The summed E-state index contributed by atoms with van der Waals surface area (Å²) in [5.74, 6) is 0.924. The Balaban J connectivity index is 1.97. The van der Waals surface area contributed by atoms with E-state index in [1.54, 1.807) is 0 Å². The van der Waals surface area contributed by atoms with Crippen molar-refractivity contribution in [2.75, 3.05) is 0 Å². The average Bonchev–Trinajstić information content (AvgIpc) is 2.39. The van der Waals surface area contributed by atoms with Gasteiger partial charge in [-0.25, -0.2) is 0 Å². The van der Waals surface area contributed by atoms with Crippen LogP contribution in [0.5, 0.6) is 5.75 Å². The third-order valence-electron chi connectivity index (χ3n) is 2.68. The summed E-state index contributed by atoms with van der Waals surface area (Å²) < 4.78 is 5.73. The van der Waals surface area contributed by atoms with Crippen LogP contribution in [0.2, 0.25) is 0 Å². The van der Waals surface area contributed by atoms with Crippen molar-refractivity contribution < 1.29 is 4.74 Å². The number of rotatable bonds is 5. The molecule has 0 unspecified atom stereocenters. The van der Waals surface area contributed by atoms with Gasteiger partial charge < -0.3 is 4.74 Å². The fourth-order valence-electron chi connectivity index (χ4n) is 1.85. The molecule has 0 aromatic heterocycles. The van der Waals surface area contributed by atoms with Gasteiger partial charge in [0.1, 0.15) is 12.4 Å². The van der Waals surface area contributed by atoms with Crippen molar-refractivity contribution >= 4 is 0 Å². The van der Waals surface area contributed by atoms with E-state index in [1.165, 1.54) is 17.5 Å². The second-order valence-electron chi connectivity index (χ2n) is 4.17. The molecule has 1 heteroatoms. The molecule has 0 saturated heterocycles. The Labute approximate surface area is 103 Å². The average molecular weight is 226 g/mol. The monoisotopic (exact) mass is 226 g/mol. The van der Waals surface area contributed by atoms with Crippen LogP contribution in [-0.4, -0.2) is 0 Å². The van der Waals surface area contributed by atoms with Crippen molar-refractivity contribution in [3.8, 4) is 5.75 Å². The van der Waals surface area contributed by atoms with Gasteiger partial charge in [-0.15, -0.1) is 0 Å². The van der Waals surface area contributed by atoms with Crippen LogP contribution in [0.1, 0.15) is 24.5 Å². The lowest BCUT2D eigenvalue weighted by molar-refractivity contribution is 0.306. The Morgan fingerprint density at radius 3 is 2.41 bits per heavy atom. The molecule has 0 amide bonds. The molecule has 1 nitrogen and oxygen atoms in total. The van der Waals surface area contributed by atoms with Gasteiger partial charge in [0, 0.05) is 0 Å². The van der Waals surface area contributed by atoms with Crippen LogP contribution in [0.3, 0.4) is 0 Å². The summed E-state index contributed by atoms with van der Waals surface area (Å²) in [6.07, 6.45) is 2.32. The van der Waals surface area contributed by atoms with Gasteiger partial charge in [0.25, 0.3) is 0 Å². The van der Waals surface area contributed by atoms with Gasteiger partial charge in [-0.05, 0) is 29.7 Å². The molecule has 0 saturated carbocycles. The Bertz CT molecular complexity index is 448. The van der Waals surface area contributed by atoms with Crippen LogP contribution in [0.15, 0.2) is 54.6 Å². The maximum Gasteiger partial charge on any atom is 0.119 e. The predicted octanol–water partition coefficient (Wildman–Crippen LogP) is 4.22. The molecule has 88 valence electrons. The van der Waals surface area contributed by atoms with Crippen LogP contribution in [0, 0.1) is 0 Å². The van der Waals surface area contributed by atoms with Gasteiger partial charge >= 0.3 is 0 Å². The van der Waals surface area contributed by atoms with E-state index in [9.17, 15) is 0 Å². The quantitative estimate of drug-likeness (QED) is 0.741. The van der Waals surface area contributed by atoms with Crippen molar-refractivity contribution in [2.45, 2.75) is 26.4 Å². The molecule has 0 atom stereocenters. The standard InChI is InChI=1S/C16H18O/c1-2-7-14-8-6-9-15(12-14)13-17-16-10-4-3-5-11-16/h3-6,8-12H,2,7,13H2,1H3. The lowest BCUT2D eigenvalue weighted by atomic mass is 10.1. The Hall–Kier alpha value is -1.76. The minimum absolute atomic E-state index is 0.640. The first kappa shape index (κ1) is 11.7. The minimum Gasteiger partial charge on any atom is -0.489 e. The smallest absolute Gasteiger partial charge is 0.119 e. The van der Waals surface area contributed by atoms with Crippen molar-refractivity contribution in [1.82, 2.24) is 0 Å². The molecule has 0 bridgehead atoms. The summed E-state index contributed by atoms with van der Waals surface area (Å²) in [5.41, 5.74) is 2.63. The molecule has 0 aliphatic carbocycles. The summed E-state index contributed by atoms with van der Waals surface area (Å²) in [7, 11) is 0. The molecule has 2 aromatic rings. The molecule has 0 spiro atoms. The van der Waals surface area contributed by atoms with Crippen LogP contribution in [-0.2, 0) is 13.0 Å². The summed E-state index contributed by atoms with van der Waals surface area (Å²) in [5, 5.41) is 0. The number of aryl methyl sites for hydroxylation is 1. The maximum atomic E-state index is 5.73. The van der Waals surface area contributed by atoms with Gasteiger partial charge in [0.05, 0.1) is 0 Å². The number of hydrogen-bond acceptors (Lipinski definition) is 1. The van der Waals surface area contributed by atoms with Crippen molar-refractivity contribution in [3.05, 3.63) is 65.7 Å². The van der Waals surface area contributed by atoms with Crippen LogP contribution >= 0.6 is 0 Å². The third kappa shape index (κ3) is 3.63. The molecule has 0 heterocycles. The molecular weight excluding hydrogens is 208 g/mol. The second-order valence-corrected chi connectivity index (χ2v) is 4.17. The Kier molecular flexibility index (Phi) is 4.20. The maximum absolute atomic E-state index is 5.73. The minimum atomic E-state index is 0.640. The van der Waals surface area contributed by atoms with Gasteiger partial charge in [-0.2, -0.15) is 0 Å². The number of ether oxygens (including phenoxy) is 1. The van der Waals surface area contributed by atoms with Crippen LogP contribution in [0.25, 0.3) is 0 Å². The largest absolute Gasteiger partial charge is 0.489 e. The van der Waals surface area contributed by atoms with Crippen molar-refractivity contribution in [2.24, 2.45) is 0 Å². The highest BCUT2D eigenvalue weighted by Crippen LogP contribution is 2.13. The van der Waals surface area contributed by atoms with E-state index in [-0.39, 0.29) is 0 Å². The predicted molar refractivity (Wildman–Crippen MR) is 71.2 cm³/mol. The van der Waals surface area contributed by atoms with Crippen LogP contribution < -0.4 is 4.74 Å². The summed E-state index contributed by atoms with van der Waals surface area (Å²) in [4.78, 5) is 0. The first-order chi connectivity index (χ1) is 8.38. The lowest BCUT2D eigenvalue weighted by Crippen LogP contribution is -1.96. The van der Waals surface area contributed by atoms with E-state index >= 15 is 0 Å². The molecule has 0 aliphatic heterocycles. The Morgan fingerprint density at radius 2 is 1.65 bits per heavy atom. The molecule has 0 N–H and O–H groups in total. The number of benzene rings is 2. The zero-order valence-electron chi connectivity index (χ0n) is 10.2. The fraction of sp³-hybridized carbons (Fsp3) is 0.250. The molecule has 2 rings (SSSR count). The van der Waals surface area contributed by atoms with E-state index in [4.69, 9.17) is 4.74 Å². The fourth-order valence-corrected chi connectivity index (χ4v) is 1.85. The first-order valence-electron chi connectivity index (χ1n) is 6.14. The van der Waals surface area contributed by atoms with E-state index in [1.807, 2.05) is 30.3 Å². The van der Waals surface area contributed by atoms with E-state index in [0.717, 1.165) is 12.2 Å². The zero-order chi connectivity index (χ0) is 11.9. The lowest BCUT2D eigenvalue weighted by Gasteiger charge is -2.07. The van der Waals surface area contributed by atoms with Crippen LogP contribution in [0.4, 0.5) is 0 Å². The zero-order valence-corrected chi connectivity index (χ0v) is 10.2. The van der Waals surface area contributed by atoms with Gasteiger partial charge in [-0.1, -0.05) is 55.8 Å². The number of hydrogen-bond donors (Lipinski definition) is 0. The summed E-state index contributed by atoms with van der Waals surface area (Å²) in [6.45, 7) is 2.84. The second kappa shape index (κ2) is 6.09. The molecule has 2 aromatic carbocycles. The highest BCUT2D eigenvalue weighted by atomic mass is 16.5. The molecule has 0 fully saturated rings. The van der Waals surface area contributed by atoms with E-state index in [2.05, 4.69) is 31.2 Å². The topological polar surface area (TPSA) is 9.23 Å². The van der Waals surface area contributed by atoms with Gasteiger partial charge in [0.15, 0.2) is 0 Å². The van der Waals surface area contributed by atoms with Crippen molar-refractivity contribution in [1.29, 1.82) is 0 Å². The van der Waals surface area contributed by atoms with E-state index < -0.39 is 0 Å². The van der Waals surface area contributed by atoms with E-state index in [0.29, 0.717) is 6.61 Å². The first-order valence-corrected chi connectivity index (χ1v) is 6.14. The third-order valence-corrected chi connectivity index (χ3v) is 2.68. The molecule has 0 aliphatic rings. The molecule has 17 heavy (non-hydrogen) atoms. The molecular formula is C16H18O. The highest BCUT2D eigenvalue weighted by molar-refractivity contribution is 5.25. The number of para-hydroxylation sites is 1. The highest BCUT2D eigenvalue weighted by Gasteiger charge is 1.97. The van der Waals surface area contributed by atoms with Crippen molar-refractivity contribution in [3.63, 3.8) is 0 Å². The van der Waals surface area contributed by atoms with Gasteiger partial charge in [-0.3, -0.25) is 0 Å². The molecule has 0 radical (unpaired) electrons.